The minimum atomic E-state index is 0.187. The zero-order valence-electron chi connectivity index (χ0n) is 14.4. The molecule has 0 radical (unpaired) electrons. The second-order valence-corrected chi connectivity index (χ2v) is 8.23. The first-order chi connectivity index (χ1) is 9.35. The van der Waals surface area contributed by atoms with Gasteiger partial charge in [0, 0.05) is 10.8 Å². The Morgan fingerprint density at radius 3 is 1.85 bits per heavy atom. The van der Waals surface area contributed by atoms with Gasteiger partial charge in [-0.05, 0) is 30.6 Å². The van der Waals surface area contributed by atoms with Gasteiger partial charge in [-0.2, -0.15) is 0 Å². The standard InChI is InChI=1S/C18H36Cl2/c1-6-8-10-12-16(19)15(3)14-18(4,5)17(20)13-11-9-7-2/h15-17H,6-14H2,1-5H3. The Bertz CT molecular complexity index is 225. The third-order valence-corrected chi connectivity index (χ3v) is 5.92. The summed E-state index contributed by atoms with van der Waals surface area (Å²) < 4.78 is 0. The summed E-state index contributed by atoms with van der Waals surface area (Å²) in [5.41, 5.74) is 0.187. The predicted molar refractivity (Wildman–Crippen MR) is 95.1 cm³/mol. The molecule has 3 atom stereocenters. The second-order valence-electron chi connectivity index (χ2n) is 7.15. The van der Waals surface area contributed by atoms with Crippen LogP contribution in [0.3, 0.4) is 0 Å². The molecule has 0 aliphatic rings. The maximum Gasteiger partial charge on any atom is 0.0387 e. The summed E-state index contributed by atoms with van der Waals surface area (Å²) >= 11 is 13.2. The van der Waals surface area contributed by atoms with Crippen molar-refractivity contribution >= 4 is 23.2 Å². The lowest BCUT2D eigenvalue weighted by molar-refractivity contribution is 0.246. The first kappa shape index (κ1) is 20.6. The topological polar surface area (TPSA) is 0 Å². The normalized spacial score (nSPS) is 16.9. The van der Waals surface area contributed by atoms with E-state index in [1.165, 1.54) is 38.5 Å². The van der Waals surface area contributed by atoms with Crippen LogP contribution in [0.15, 0.2) is 0 Å². The van der Waals surface area contributed by atoms with Gasteiger partial charge in [-0.1, -0.05) is 73.1 Å². The van der Waals surface area contributed by atoms with E-state index in [9.17, 15) is 0 Å². The van der Waals surface area contributed by atoms with E-state index in [1.54, 1.807) is 0 Å². The molecule has 0 aromatic carbocycles. The first-order valence-corrected chi connectivity index (χ1v) is 9.50. The van der Waals surface area contributed by atoms with Gasteiger partial charge < -0.3 is 0 Å². The Morgan fingerprint density at radius 2 is 1.35 bits per heavy atom. The van der Waals surface area contributed by atoms with E-state index >= 15 is 0 Å². The fourth-order valence-electron chi connectivity index (χ4n) is 2.92. The molecule has 3 unspecified atom stereocenters. The van der Waals surface area contributed by atoms with Crippen LogP contribution in [0.25, 0.3) is 0 Å². The molecular formula is C18H36Cl2. The van der Waals surface area contributed by atoms with Gasteiger partial charge in [0.15, 0.2) is 0 Å². The minimum Gasteiger partial charge on any atom is -0.123 e. The molecule has 0 aromatic rings. The van der Waals surface area contributed by atoms with Crippen LogP contribution in [0.4, 0.5) is 0 Å². The SMILES string of the molecule is CCCCCC(Cl)C(C)CC(C)(C)C(Cl)CCCCC. The molecule has 2 heteroatoms. The van der Waals surface area contributed by atoms with E-state index in [-0.39, 0.29) is 10.8 Å². The van der Waals surface area contributed by atoms with Gasteiger partial charge in [0.2, 0.25) is 0 Å². The van der Waals surface area contributed by atoms with Crippen molar-refractivity contribution in [3.8, 4) is 0 Å². The van der Waals surface area contributed by atoms with Crippen molar-refractivity contribution in [2.24, 2.45) is 11.3 Å². The number of alkyl halides is 2. The lowest BCUT2D eigenvalue weighted by atomic mass is 9.77. The van der Waals surface area contributed by atoms with Crippen molar-refractivity contribution in [1.82, 2.24) is 0 Å². The van der Waals surface area contributed by atoms with E-state index in [2.05, 4.69) is 34.6 Å². The van der Waals surface area contributed by atoms with Gasteiger partial charge in [0.25, 0.3) is 0 Å². The van der Waals surface area contributed by atoms with E-state index in [0.29, 0.717) is 11.3 Å². The van der Waals surface area contributed by atoms with Crippen LogP contribution in [0.5, 0.6) is 0 Å². The summed E-state index contributed by atoms with van der Waals surface area (Å²) in [4.78, 5) is 0. The van der Waals surface area contributed by atoms with Crippen molar-refractivity contribution in [1.29, 1.82) is 0 Å². The average Bonchev–Trinajstić information content (AvgIpc) is 2.38. The fourth-order valence-corrected chi connectivity index (χ4v) is 3.41. The zero-order valence-corrected chi connectivity index (χ0v) is 15.9. The summed E-state index contributed by atoms with van der Waals surface area (Å²) in [6, 6.07) is 0. The molecule has 20 heavy (non-hydrogen) atoms. The highest BCUT2D eigenvalue weighted by Gasteiger charge is 2.31. The molecule has 0 nitrogen and oxygen atoms in total. The maximum absolute atomic E-state index is 6.64. The van der Waals surface area contributed by atoms with E-state index in [4.69, 9.17) is 23.2 Å². The summed E-state index contributed by atoms with van der Waals surface area (Å²) in [7, 11) is 0. The highest BCUT2D eigenvalue weighted by atomic mass is 35.5. The largest absolute Gasteiger partial charge is 0.123 e. The van der Waals surface area contributed by atoms with Gasteiger partial charge in [-0.25, -0.2) is 0 Å². The van der Waals surface area contributed by atoms with Crippen LogP contribution < -0.4 is 0 Å². The van der Waals surface area contributed by atoms with Crippen LogP contribution >= 0.6 is 23.2 Å². The molecule has 0 aliphatic carbocycles. The molecule has 0 N–H and O–H groups in total. The van der Waals surface area contributed by atoms with Gasteiger partial charge in [0.05, 0.1) is 0 Å². The van der Waals surface area contributed by atoms with Crippen molar-refractivity contribution in [2.75, 3.05) is 0 Å². The quantitative estimate of drug-likeness (QED) is 0.259. The third kappa shape index (κ3) is 8.78. The Kier molecular flexibility index (Phi) is 11.5. The number of hydrogen-bond donors (Lipinski definition) is 0. The lowest BCUT2D eigenvalue weighted by Crippen LogP contribution is -2.29. The van der Waals surface area contributed by atoms with Crippen LogP contribution in [-0.4, -0.2) is 10.8 Å². The second kappa shape index (κ2) is 11.2. The maximum atomic E-state index is 6.64. The molecule has 0 spiro atoms. The third-order valence-electron chi connectivity index (χ3n) is 4.46. The monoisotopic (exact) mass is 322 g/mol. The van der Waals surface area contributed by atoms with Crippen LogP contribution in [0.2, 0.25) is 0 Å². The summed E-state index contributed by atoms with van der Waals surface area (Å²) in [5.74, 6) is 0.552. The number of halogens is 2. The van der Waals surface area contributed by atoms with E-state index < -0.39 is 0 Å². The number of hydrogen-bond acceptors (Lipinski definition) is 0. The molecule has 0 fully saturated rings. The zero-order chi connectivity index (χ0) is 15.6. The van der Waals surface area contributed by atoms with Crippen LogP contribution in [0, 0.1) is 11.3 Å². The fraction of sp³-hybridized carbons (Fsp3) is 1.00. The summed E-state index contributed by atoms with van der Waals surface area (Å²) in [6.45, 7) is 11.4. The minimum absolute atomic E-state index is 0.187. The molecular weight excluding hydrogens is 287 g/mol. The predicted octanol–water partition coefficient (Wildman–Crippen LogP) is 7.41. The van der Waals surface area contributed by atoms with Crippen LogP contribution in [-0.2, 0) is 0 Å². The van der Waals surface area contributed by atoms with Crippen molar-refractivity contribution in [2.45, 2.75) is 103 Å². The smallest absolute Gasteiger partial charge is 0.0387 e. The first-order valence-electron chi connectivity index (χ1n) is 8.63. The molecule has 0 aliphatic heterocycles. The van der Waals surface area contributed by atoms with Gasteiger partial charge in [-0.3, -0.25) is 0 Å². The Balaban J connectivity index is 4.14. The Morgan fingerprint density at radius 1 is 0.850 bits per heavy atom. The van der Waals surface area contributed by atoms with Gasteiger partial charge in [0.1, 0.15) is 0 Å². The molecule has 0 rings (SSSR count). The molecule has 0 bridgehead atoms. The highest BCUT2D eigenvalue weighted by molar-refractivity contribution is 6.21. The molecule has 0 heterocycles. The molecule has 0 saturated carbocycles. The average molecular weight is 323 g/mol. The summed E-state index contributed by atoms with van der Waals surface area (Å²) in [5, 5.41) is 0.580. The van der Waals surface area contributed by atoms with E-state index in [0.717, 1.165) is 19.3 Å². The Labute approximate surface area is 138 Å². The van der Waals surface area contributed by atoms with Crippen molar-refractivity contribution in [3.05, 3.63) is 0 Å². The lowest BCUT2D eigenvalue weighted by Gasteiger charge is -2.34. The number of unbranched alkanes of at least 4 members (excludes halogenated alkanes) is 4. The molecule has 0 aromatic heterocycles. The van der Waals surface area contributed by atoms with Crippen LogP contribution in [0.1, 0.15) is 92.4 Å². The molecule has 0 saturated heterocycles. The number of rotatable bonds is 12. The summed E-state index contributed by atoms with van der Waals surface area (Å²) in [6.07, 6.45) is 11.1. The van der Waals surface area contributed by atoms with E-state index in [1.807, 2.05) is 0 Å². The van der Waals surface area contributed by atoms with Crippen molar-refractivity contribution < 1.29 is 0 Å². The molecule has 0 amide bonds. The molecule has 122 valence electrons. The van der Waals surface area contributed by atoms with Gasteiger partial charge in [-0.15, -0.1) is 23.2 Å². The van der Waals surface area contributed by atoms with Crippen molar-refractivity contribution in [3.63, 3.8) is 0 Å². The highest BCUT2D eigenvalue weighted by Crippen LogP contribution is 2.38. The van der Waals surface area contributed by atoms with Gasteiger partial charge >= 0.3 is 0 Å². The Hall–Kier alpha value is 0.580.